The summed E-state index contributed by atoms with van der Waals surface area (Å²) in [5.74, 6) is 4.14. The number of rotatable bonds is 2. The van der Waals surface area contributed by atoms with E-state index in [-0.39, 0.29) is 0 Å². The zero-order valence-electron chi connectivity index (χ0n) is 7.53. The molecule has 1 aliphatic heterocycles. The molecular weight excluding hydrogens is 184 g/mol. The lowest BCUT2D eigenvalue weighted by atomic mass is 10.00. The first kappa shape index (κ1) is 8.94. The van der Waals surface area contributed by atoms with E-state index in [1.807, 2.05) is 11.8 Å². The minimum absolute atomic E-state index is 0.704. The van der Waals surface area contributed by atoms with Gasteiger partial charge in [0.05, 0.1) is 11.9 Å². The second kappa shape index (κ2) is 4.05. The topological polar surface area (TPSA) is 52.0 Å². The van der Waals surface area contributed by atoms with Crippen LogP contribution < -0.4 is 5.73 Å². The fraction of sp³-hybridized carbons (Fsp3) is 0.667. The predicted octanol–water partition coefficient (Wildman–Crippen LogP) is 1.94. The van der Waals surface area contributed by atoms with Crippen LogP contribution in [0.15, 0.2) is 10.7 Å². The normalized spacial score (nSPS) is 23.2. The molecule has 0 bridgehead atoms. The summed E-state index contributed by atoms with van der Waals surface area (Å²) in [4.78, 5) is 0. The fourth-order valence-electron chi connectivity index (χ4n) is 1.66. The van der Waals surface area contributed by atoms with E-state index < -0.39 is 0 Å². The van der Waals surface area contributed by atoms with E-state index in [1.54, 1.807) is 6.20 Å². The smallest absolute Gasteiger partial charge is 0.159 e. The largest absolute Gasteiger partial charge is 0.395 e. The summed E-state index contributed by atoms with van der Waals surface area (Å²) in [5, 5.41) is 3.68. The average Bonchev–Trinajstić information content (AvgIpc) is 2.54. The van der Waals surface area contributed by atoms with Gasteiger partial charge in [0.25, 0.3) is 0 Å². The van der Waals surface area contributed by atoms with E-state index in [4.69, 9.17) is 10.3 Å². The van der Waals surface area contributed by atoms with E-state index in [2.05, 4.69) is 5.16 Å². The van der Waals surface area contributed by atoms with Gasteiger partial charge in [-0.3, -0.25) is 0 Å². The Labute approximate surface area is 82.0 Å². The SMILES string of the molecule is Nc1cnoc1CC1CCCSC1. The van der Waals surface area contributed by atoms with Crippen LogP contribution in [0.25, 0.3) is 0 Å². The maximum atomic E-state index is 5.69. The Balaban J connectivity index is 1.93. The molecule has 1 unspecified atom stereocenters. The van der Waals surface area contributed by atoms with Crippen molar-refractivity contribution in [1.82, 2.24) is 5.16 Å². The van der Waals surface area contributed by atoms with Gasteiger partial charge in [-0.25, -0.2) is 0 Å². The maximum absolute atomic E-state index is 5.69. The van der Waals surface area contributed by atoms with E-state index in [1.165, 1.54) is 24.3 Å². The molecule has 13 heavy (non-hydrogen) atoms. The van der Waals surface area contributed by atoms with E-state index in [0.29, 0.717) is 5.69 Å². The molecule has 4 heteroatoms. The van der Waals surface area contributed by atoms with Crippen molar-refractivity contribution in [3.63, 3.8) is 0 Å². The third kappa shape index (κ3) is 2.18. The summed E-state index contributed by atoms with van der Waals surface area (Å²) in [6.07, 6.45) is 5.17. The Morgan fingerprint density at radius 3 is 3.23 bits per heavy atom. The molecule has 0 spiro atoms. The molecule has 0 saturated carbocycles. The molecular formula is C9H14N2OS. The lowest BCUT2D eigenvalue weighted by Gasteiger charge is -2.19. The Kier molecular flexibility index (Phi) is 2.78. The highest BCUT2D eigenvalue weighted by molar-refractivity contribution is 7.99. The van der Waals surface area contributed by atoms with Crippen molar-refractivity contribution in [2.45, 2.75) is 19.3 Å². The Morgan fingerprint density at radius 1 is 1.69 bits per heavy atom. The lowest BCUT2D eigenvalue weighted by molar-refractivity contribution is 0.359. The maximum Gasteiger partial charge on any atom is 0.159 e. The molecule has 0 radical (unpaired) electrons. The van der Waals surface area contributed by atoms with Crippen LogP contribution in [0.1, 0.15) is 18.6 Å². The van der Waals surface area contributed by atoms with Crippen molar-refractivity contribution in [3.05, 3.63) is 12.0 Å². The number of anilines is 1. The van der Waals surface area contributed by atoms with Crippen LogP contribution in [-0.2, 0) is 6.42 Å². The van der Waals surface area contributed by atoms with Gasteiger partial charge in [-0.1, -0.05) is 5.16 Å². The van der Waals surface area contributed by atoms with Gasteiger partial charge in [-0.2, -0.15) is 11.8 Å². The highest BCUT2D eigenvalue weighted by Crippen LogP contribution is 2.27. The van der Waals surface area contributed by atoms with Crippen LogP contribution in [0.5, 0.6) is 0 Å². The molecule has 2 N–H and O–H groups in total. The van der Waals surface area contributed by atoms with Gasteiger partial charge in [-0.15, -0.1) is 0 Å². The summed E-state index contributed by atoms with van der Waals surface area (Å²) < 4.78 is 5.08. The highest BCUT2D eigenvalue weighted by Gasteiger charge is 2.17. The van der Waals surface area contributed by atoms with E-state index in [9.17, 15) is 0 Å². The second-order valence-electron chi connectivity index (χ2n) is 3.49. The molecule has 2 heterocycles. The van der Waals surface area contributed by atoms with Gasteiger partial charge >= 0.3 is 0 Å². The number of aromatic nitrogens is 1. The number of nitrogen functional groups attached to an aromatic ring is 1. The first-order valence-electron chi connectivity index (χ1n) is 4.63. The van der Waals surface area contributed by atoms with Crippen molar-refractivity contribution in [2.24, 2.45) is 5.92 Å². The monoisotopic (exact) mass is 198 g/mol. The molecule has 1 aliphatic rings. The summed E-state index contributed by atoms with van der Waals surface area (Å²) >= 11 is 2.03. The zero-order chi connectivity index (χ0) is 9.10. The third-order valence-electron chi connectivity index (χ3n) is 2.41. The van der Waals surface area contributed by atoms with Crippen molar-refractivity contribution < 1.29 is 4.52 Å². The number of thioether (sulfide) groups is 1. The van der Waals surface area contributed by atoms with Crippen molar-refractivity contribution in [1.29, 1.82) is 0 Å². The van der Waals surface area contributed by atoms with E-state index >= 15 is 0 Å². The molecule has 0 amide bonds. The third-order valence-corrected chi connectivity index (χ3v) is 3.69. The van der Waals surface area contributed by atoms with Crippen LogP contribution in [-0.4, -0.2) is 16.7 Å². The summed E-state index contributed by atoms with van der Waals surface area (Å²) in [7, 11) is 0. The number of nitrogens with two attached hydrogens (primary N) is 1. The van der Waals surface area contributed by atoms with Gasteiger partial charge in [0, 0.05) is 6.42 Å². The van der Waals surface area contributed by atoms with Crippen LogP contribution in [0.4, 0.5) is 5.69 Å². The van der Waals surface area contributed by atoms with Crippen LogP contribution in [0.2, 0.25) is 0 Å². The Hall–Kier alpha value is -0.640. The van der Waals surface area contributed by atoms with E-state index in [0.717, 1.165) is 18.1 Å². The minimum atomic E-state index is 0.704. The number of hydrogen-bond donors (Lipinski definition) is 1. The van der Waals surface area contributed by atoms with Crippen LogP contribution in [0, 0.1) is 5.92 Å². The average molecular weight is 198 g/mol. The van der Waals surface area contributed by atoms with Gasteiger partial charge in [0.15, 0.2) is 5.76 Å². The minimum Gasteiger partial charge on any atom is -0.395 e. The number of hydrogen-bond acceptors (Lipinski definition) is 4. The Bertz CT molecular complexity index is 268. The molecule has 0 aromatic carbocycles. The highest BCUT2D eigenvalue weighted by atomic mass is 32.2. The van der Waals surface area contributed by atoms with Crippen LogP contribution in [0.3, 0.4) is 0 Å². The van der Waals surface area contributed by atoms with Crippen molar-refractivity contribution in [2.75, 3.05) is 17.2 Å². The summed E-state index contributed by atoms with van der Waals surface area (Å²) in [5.41, 5.74) is 6.40. The molecule has 1 aromatic rings. The molecule has 72 valence electrons. The van der Waals surface area contributed by atoms with Crippen molar-refractivity contribution >= 4 is 17.4 Å². The van der Waals surface area contributed by atoms with Gasteiger partial charge < -0.3 is 10.3 Å². The Morgan fingerprint density at radius 2 is 2.62 bits per heavy atom. The molecule has 0 aliphatic carbocycles. The summed E-state index contributed by atoms with van der Waals surface area (Å²) in [6, 6.07) is 0. The quantitative estimate of drug-likeness (QED) is 0.789. The molecule has 1 atom stereocenters. The second-order valence-corrected chi connectivity index (χ2v) is 4.64. The first-order chi connectivity index (χ1) is 6.36. The zero-order valence-corrected chi connectivity index (χ0v) is 8.35. The van der Waals surface area contributed by atoms with Gasteiger partial charge in [0.2, 0.25) is 0 Å². The van der Waals surface area contributed by atoms with Crippen LogP contribution >= 0.6 is 11.8 Å². The summed E-state index contributed by atoms with van der Waals surface area (Å²) in [6.45, 7) is 0. The molecule has 2 rings (SSSR count). The number of nitrogens with zero attached hydrogens (tertiary/aromatic N) is 1. The first-order valence-corrected chi connectivity index (χ1v) is 5.78. The predicted molar refractivity (Wildman–Crippen MR) is 54.7 cm³/mol. The molecule has 1 fully saturated rings. The molecule has 1 saturated heterocycles. The van der Waals surface area contributed by atoms with Gasteiger partial charge in [0.1, 0.15) is 0 Å². The molecule has 1 aromatic heterocycles. The standard InChI is InChI=1S/C9H14N2OS/c10-8-5-11-12-9(8)4-7-2-1-3-13-6-7/h5,7H,1-4,6,10H2. The lowest BCUT2D eigenvalue weighted by Crippen LogP contribution is -2.13. The van der Waals surface area contributed by atoms with Gasteiger partial charge in [-0.05, 0) is 30.3 Å². The van der Waals surface area contributed by atoms with Crippen molar-refractivity contribution in [3.8, 4) is 0 Å². The molecule has 3 nitrogen and oxygen atoms in total. The fourth-order valence-corrected chi connectivity index (χ4v) is 2.81.